The molecule has 0 amide bonds. The minimum atomic E-state index is -0.458. The Balaban J connectivity index is 2.56. The Morgan fingerprint density at radius 3 is 2.75 bits per heavy atom. The van der Waals surface area contributed by atoms with Gasteiger partial charge in [0, 0.05) is 11.1 Å². The molecule has 4 heteroatoms. The number of nitriles is 1. The molecule has 0 unspecified atom stereocenters. The number of ether oxygens (including phenoxy) is 1. The average Bonchev–Trinajstić information content (AvgIpc) is 2.58. The summed E-state index contributed by atoms with van der Waals surface area (Å²) < 4.78 is 19.4. The van der Waals surface area contributed by atoms with Crippen LogP contribution in [0.4, 0.5) is 4.39 Å². The van der Waals surface area contributed by atoms with E-state index in [9.17, 15) is 14.8 Å². The Labute approximate surface area is 140 Å². The molecule has 24 heavy (non-hydrogen) atoms. The number of benzene rings is 2. The number of phenolic OH excluding ortho intramolecular Hbond substituents is 1. The first kappa shape index (κ1) is 17.3. The fourth-order valence-electron chi connectivity index (χ4n) is 2.37. The van der Waals surface area contributed by atoms with Gasteiger partial charge in [0.05, 0.1) is 18.2 Å². The van der Waals surface area contributed by atoms with Crippen molar-refractivity contribution in [1.29, 1.82) is 5.26 Å². The molecule has 0 spiro atoms. The first-order valence-electron chi connectivity index (χ1n) is 7.57. The van der Waals surface area contributed by atoms with Crippen molar-refractivity contribution >= 4 is 11.6 Å². The standard InChI is InChI=1S/C20H18FNO2/c1-3-7-15-10-14(12-19(20(15)23)24-4-2)11-16(13-22)17-8-5-6-9-18(17)21/h3,5-6,8-12,23H,1,4,7H2,2H3. The summed E-state index contributed by atoms with van der Waals surface area (Å²) in [4.78, 5) is 0. The number of phenols is 1. The van der Waals surface area contributed by atoms with Crippen LogP contribution in [0.25, 0.3) is 11.6 Å². The van der Waals surface area contributed by atoms with Gasteiger partial charge in [-0.1, -0.05) is 24.3 Å². The molecule has 0 aliphatic rings. The van der Waals surface area contributed by atoms with E-state index in [1.54, 1.807) is 42.5 Å². The molecule has 0 aliphatic carbocycles. The van der Waals surface area contributed by atoms with Crippen molar-refractivity contribution in [2.75, 3.05) is 6.61 Å². The maximum atomic E-state index is 13.9. The molecule has 0 heterocycles. The zero-order valence-corrected chi connectivity index (χ0v) is 13.4. The minimum Gasteiger partial charge on any atom is -0.504 e. The number of hydrogen-bond acceptors (Lipinski definition) is 3. The molecular weight excluding hydrogens is 305 g/mol. The third kappa shape index (κ3) is 3.82. The monoisotopic (exact) mass is 323 g/mol. The number of hydrogen-bond donors (Lipinski definition) is 1. The van der Waals surface area contributed by atoms with Crippen molar-refractivity contribution in [2.24, 2.45) is 0 Å². The zero-order chi connectivity index (χ0) is 17.5. The zero-order valence-electron chi connectivity index (χ0n) is 13.4. The number of halogens is 1. The lowest BCUT2D eigenvalue weighted by molar-refractivity contribution is 0.317. The summed E-state index contributed by atoms with van der Waals surface area (Å²) in [6, 6.07) is 11.5. The number of nitrogens with zero attached hydrogens (tertiary/aromatic N) is 1. The molecule has 0 saturated carbocycles. The van der Waals surface area contributed by atoms with E-state index < -0.39 is 5.82 Å². The van der Waals surface area contributed by atoms with Gasteiger partial charge in [-0.2, -0.15) is 5.26 Å². The summed E-state index contributed by atoms with van der Waals surface area (Å²) >= 11 is 0. The molecule has 1 N–H and O–H groups in total. The SMILES string of the molecule is C=CCc1cc(C=C(C#N)c2ccccc2F)cc(OCC)c1O. The van der Waals surface area contributed by atoms with Crippen LogP contribution in [0.1, 0.15) is 23.6 Å². The molecular formula is C20H18FNO2. The molecule has 122 valence electrons. The highest BCUT2D eigenvalue weighted by Crippen LogP contribution is 2.34. The summed E-state index contributed by atoms with van der Waals surface area (Å²) in [6.07, 6.45) is 3.70. The van der Waals surface area contributed by atoms with Gasteiger partial charge >= 0.3 is 0 Å². The second-order valence-electron chi connectivity index (χ2n) is 5.10. The van der Waals surface area contributed by atoms with Crippen molar-refractivity contribution < 1.29 is 14.2 Å². The van der Waals surface area contributed by atoms with E-state index in [0.29, 0.717) is 29.9 Å². The number of allylic oxidation sites excluding steroid dienone is 2. The summed E-state index contributed by atoms with van der Waals surface area (Å²) in [5.74, 6) is -0.0763. The van der Waals surface area contributed by atoms with Gasteiger partial charge in [0.2, 0.25) is 0 Å². The van der Waals surface area contributed by atoms with Crippen LogP contribution in [0.3, 0.4) is 0 Å². The van der Waals surface area contributed by atoms with Gasteiger partial charge in [0.15, 0.2) is 11.5 Å². The molecule has 0 aliphatic heterocycles. The van der Waals surface area contributed by atoms with Crippen LogP contribution in [0.5, 0.6) is 11.5 Å². The Kier molecular flexibility index (Phi) is 5.75. The average molecular weight is 323 g/mol. The quantitative estimate of drug-likeness (QED) is 0.475. The van der Waals surface area contributed by atoms with E-state index in [2.05, 4.69) is 6.58 Å². The first-order chi connectivity index (χ1) is 11.6. The van der Waals surface area contributed by atoms with E-state index in [4.69, 9.17) is 4.74 Å². The Bertz CT molecular complexity index is 819. The molecule has 2 rings (SSSR count). The van der Waals surface area contributed by atoms with Gasteiger partial charge < -0.3 is 9.84 Å². The van der Waals surface area contributed by atoms with Crippen molar-refractivity contribution in [2.45, 2.75) is 13.3 Å². The van der Waals surface area contributed by atoms with Gasteiger partial charge in [0.25, 0.3) is 0 Å². The van der Waals surface area contributed by atoms with E-state index >= 15 is 0 Å². The molecule has 0 atom stereocenters. The van der Waals surface area contributed by atoms with Crippen molar-refractivity contribution in [3.05, 3.63) is 71.6 Å². The lowest BCUT2D eigenvalue weighted by Crippen LogP contribution is -1.96. The number of rotatable bonds is 6. The lowest BCUT2D eigenvalue weighted by atomic mass is 10.0. The maximum Gasteiger partial charge on any atom is 0.161 e. The lowest BCUT2D eigenvalue weighted by Gasteiger charge is -2.11. The topological polar surface area (TPSA) is 53.2 Å². The molecule has 3 nitrogen and oxygen atoms in total. The minimum absolute atomic E-state index is 0.0540. The van der Waals surface area contributed by atoms with Gasteiger partial charge in [-0.25, -0.2) is 4.39 Å². The van der Waals surface area contributed by atoms with Crippen LogP contribution in [0.2, 0.25) is 0 Å². The predicted molar refractivity (Wildman–Crippen MR) is 93.1 cm³/mol. The van der Waals surface area contributed by atoms with Crippen molar-refractivity contribution in [1.82, 2.24) is 0 Å². The smallest absolute Gasteiger partial charge is 0.161 e. The van der Waals surface area contributed by atoms with Gasteiger partial charge in [-0.3, -0.25) is 0 Å². The third-order valence-corrected chi connectivity index (χ3v) is 3.44. The third-order valence-electron chi connectivity index (χ3n) is 3.44. The van der Waals surface area contributed by atoms with Crippen molar-refractivity contribution in [3.63, 3.8) is 0 Å². The van der Waals surface area contributed by atoms with Crippen LogP contribution < -0.4 is 4.74 Å². The second-order valence-corrected chi connectivity index (χ2v) is 5.10. The normalized spacial score (nSPS) is 11.0. The molecule has 0 bridgehead atoms. The van der Waals surface area contributed by atoms with Gasteiger partial charge in [-0.05, 0) is 43.2 Å². The van der Waals surface area contributed by atoms with Gasteiger partial charge in [-0.15, -0.1) is 6.58 Å². The van der Waals surface area contributed by atoms with E-state index in [-0.39, 0.29) is 16.9 Å². The molecule has 2 aromatic rings. The molecule has 0 aromatic heterocycles. The molecule has 0 radical (unpaired) electrons. The van der Waals surface area contributed by atoms with E-state index in [1.807, 2.05) is 13.0 Å². The second kappa shape index (κ2) is 7.98. The van der Waals surface area contributed by atoms with Crippen molar-refractivity contribution in [3.8, 4) is 17.6 Å². The van der Waals surface area contributed by atoms with E-state index in [0.717, 1.165) is 0 Å². The molecule has 2 aromatic carbocycles. The van der Waals surface area contributed by atoms with Crippen LogP contribution in [-0.4, -0.2) is 11.7 Å². The van der Waals surface area contributed by atoms with Crippen LogP contribution in [0, 0.1) is 17.1 Å². The van der Waals surface area contributed by atoms with Gasteiger partial charge in [0.1, 0.15) is 5.82 Å². The number of aromatic hydroxyl groups is 1. The maximum absolute atomic E-state index is 13.9. The highest BCUT2D eigenvalue weighted by atomic mass is 19.1. The summed E-state index contributed by atoms with van der Waals surface area (Å²) in [5, 5.41) is 19.6. The van der Waals surface area contributed by atoms with E-state index in [1.165, 1.54) is 6.07 Å². The van der Waals surface area contributed by atoms with Crippen LogP contribution in [-0.2, 0) is 6.42 Å². The largest absolute Gasteiger partial charge is 0.504 e. The van der Waals surface area contributed by atoms with Crippen LogP contribution >= 0.6 is 0 Å². The highest BCUT2D eigenvalue weighted by Gasteiger charge is 2.12. The predicted octanol–water partition coefficient (Wildman–Crippen LogP) is 4.72. The first-order valence-corrected chi connectivity index (χ1v) is 7.57. The fraction of sp³-hybridized carbons (Fsp3) is 0.150. The van der Waals surface area contributed by atoms with Crippen LogP contribution in [0.15, 0.2) is 49.1 Å². The summed E-state index contributed by atoms with van der Waals surface area (Å²) in [5.41, 5.74) is 1.71. The summed E-state index contributed by atoms with van der Waals surface area (Å²) in [6.45, 7) is 5.88. The Morgan fingerprint density at radius 1 is 1.38 bits per heavy atom. The Hall–Kier alpha value is -3.06. The highest BCUT2D eigenvalue weighted by molar-refractivity contribution is 5.90. The Morgan fingerprint density at radius 2 is 2.12 bits per heavy atom. The molecule has 0 saturated heterocycles. The fourth-order valence-corrected chi connectivity index (χ4v) is 2.37. The molecule has 0 fully saturated rings. The summed E-state index contributed by atoms with van der Waals surface area (Å²) in [7, 11) is 0.